The minimum atomic E-state index is -0.657. The second-order valence-electron chi connectivity index (χ2n) is 5.14. The second-order valence-corrected chi connectivity index (χ2v) is 5.99. The molecule has 0 spiro atoms. The van der Waals surface area contributed by atoms with Crippen molar-refractivity contribution in [2.45, 2.75) is 25.9 Å². The van der Waals surface area contributed by atoms with Gasteiger partial charge in [0.25, 0.3) is 0 Å². The van der Waals surface area contributed by atoms with Crippen molar-refractivity contribution in [1.29, 1.82) is 0 Å². The fraction of sp³-hybridized carbons (Fsp3) is 0.235. The molecule has 2 atom stereocenters. The van der Waals surface area contributed by atoms with E-state index >= 15 is 0 Å². The minimum absolute atomic E-state index is 0.107. The number of nitrogens with one attached hydrogen (secondary N) is 1. The van der Waals surface area contributed by atoms with E-state index in [9.17, 15) is 4.79 Å². The molecule has 1 amide bonds. The number of benzene rings is 2. The van der Waals surface area contributed by atoms with Gasteiger partial charge in [0, 0.05) is 4.47 Å². The first kappa shape index (κ1) is 15.7. The number of hydrogen-bond donors (Lipinski definition) is 2. The van der Waals surface area contributed by atoms with Gasteiger partial charge >= 0.3 is 0 Å². The Labute approximate surface area is 133 Å². The van der Waals surface area contributed by atoms with E-state index in [1.807, 2.05) is 62.4 Å². The number of aryl methyl sites for hydroxylation is 1. The topological polar surface area (TPSA) is 55.1 Å². The van der Waals surface area contributed by atoms with Crippen molar-refractivity contribution in [3.63, 3.8) is 0 Å². The first-order chi connectivity index (χ1) is 9.99. The number of rotatable bonds is 4. The Morgan fingerprint density at radius 1 is 1.14 bits per heavy atom. The van der Waals surface area contributed by atoms with E-state index in [4.69, 9.17) is 5.73 Å². The highest BCUT2D eigenvalue weighted by atomic mass is 79.9. The van der Waals surface area contributed by atoms with Gasteiger partial charge in [0.1, 0.15) is 6.04 Å². The van der Waals surface area contributed by atoms with Crippen LogP contribution < -0.4 is 11.1 Å². The molecule has 0 fully saturated rings. The van der Waals surface area contributed by atoms with Gasteiger partial charge in [-0.2, -0.15) is 0 Å². The standard InChI is InChI=1S/C17H19BrN2O/c1-11-7-9-13(10-8-11)16(19)17(21)20-12(2)14-5-3-4-6-15(14)18/h3-10,12,16H,19H2,1-2H3,(H,20,21)/t12-,16?/m1/s1. The molecule has 0 aliphatic rings. The van der Waals surface area contributed by atoms with Gasteiger partial charge in [-0.1, -0.05) is 64.0 Å². The van der Waals surface area contributed by atoms with E-state index in [0.717, 1.165) is 21.2 Å². The van der Waals surface area contributed by atoms with Gasteiger partial charge in [-0.15, -0.1) is 0 Å². The molecule has 0 saturated carbocycles. The lowest BCUT2D eigenvalue weighted by Gasteiger charge is -2.19. The average molecular weight is 347 g/mol. The van der Waals surface area contributed by atoms with Crippen LogP contribution in [0.4, 0.5) is 0 Å². The van der Waals surface area contributed by atoms with E-state index in [0.29, 0.717) is 0 Å². The van der Waals surface area contributed by atoms with E-state index in [-0.39, 0.29) is 11.9 Å². The van der Waals surface area contributed by atoms with Gasteiger partial charge < -0.3 is 11.1 Å². The van der Waals surface area contributed by atoms with Crippen LogP contribution in [-0.2, 0) is 4.79 Å². The van der Waals surface area contributed by atoms with Crippen LogP contribution in [0, 0.1) is 6.92 Å². The van der Waals surface area contributed by atoms with Crippen LogP contribution in [0.3, 0.4) is 0 Å². The predicted molar refractivity (Wildman–Crippen MR) is 88.8 cm³/mol. The molecular formula is C17H19BrN2O. The first-order valence-corrected chi connectivity index (χ1v) is 7.65. The molecule has 0 heterocycles. The fourth-order valence-corrected chi connectivity index (χ4v) is 2.76. The molecule has 0 aliphatic heterocycles. The smallest absolute Gasteiger partial charge is 0.241 e. The first-order valence-electron chi connectivity index (χ1n) is 6.86. The van der Waals surface area contributed by atoms with Crippen LogP contribution in [0.2, 0.25) is 0 Å². The molecule has 2 aromatic carbocycles. The lowest BCUT2D eigenvalue weighted by Crippen LogP contribution is -2.35. The quantitative estimate of drug-likeness (QED) is 0.887. The van der Waals surface area contributed by atoms with Crippen LogP contribution in [0.15, 0.2) is 53.0 Å². The van der Waals surface area contributed by atoms with Crippen LogP contribution >= 0.6 is 15.9 Å². The molecule has 0 bridgehead atoms. The third-order valence-corrected chi connectivity index (χ3v) is 4.17. The summed E-state index contributed by atoms with van der Waals surface area (Å²) in [5.74, 6) is -0.179. The summed E-state index contributed by atoms with van der Waals surface area (Å²) in [6.07, 6.45) is 0. The van der Waals surface area contributed by atoms with Crippen molar-refractivity contribution in [3.05, 3.63) is 69.7 Å². The van der Waals surface area contributed by atoms with E-state index < -0.39 is 6.04 Å². The Kier molecular flexibility index (Phi) is 5.15. The second kappa shape index (κ2) is 6.87. The molecule has 0 aromatic heterocycles. The SMILES string of the molecule is Cc1ccc(C(N)C(=O)N[C@H](C)c2ccccc2Br)cc1. The van der Waals surface area contributed by atoms with Gasteiger partial charge in [-0.05, 0) is 31.0 Å². The number of carbonyl (C=O) groups excluding carboxylic acids is 1. The molecule has 21 heavy (non-hydrogen) atoms. The minimum Gasteiger partial charge on any atom is -0.348 e. The number of hydrogen-bond acceptors (Lipinski definition) is 2. The molecule has 1 unspecified atom stereocenters. The molecule has 2 aromatic rings. The zero-order valence-electron chi connectivity index (χ0n) is 12.1. The molecule has 3 N–H and O–H groups in total. The van der Waals surface area contributed by atoms with Crippen molar-refractivity contribution < 1.29 is 4.79 Å². The molecule has 0 radical (unpaired) electrons. The van der Waals surface area contributed by atoms with Crippen LogP contribution in [0.25, 0.3) is 0 Å². The number of halogens is 1. The predicted octanol–water partition coefficient (Wildman–Crippen LogP) is 3.63. The lowest BCUT2D eigenvalue weighted by molar-refractivity contribution is -0.123. The zero-order chi connectivity index (χ0) is 15.4. The highest BCUT2D eigenvalue weighted by Crippen LogP contribution is 2.23. The molecule has 2 rings (SSSR count). The maximum atomic E-state index is 12.3. The van der Waals surface area contributed by atoms with Gasteiger partial charge in [0.2, 0.25) is 5.91 Å². The number of nitrogens with two attached hydrogens (primary N) is 1. The van der Waals surface area contributed by atoms with Crippen LogP contribution in [0.1, 0.15) is 35.7 Å². The van der Waals surface area contributed by atoms with Gasteiger partial charge in [0.15, 0.2) is 0 Å². The summed E-state index contributed by atoms with van der Waals surface area (Å²) in [6.45, 7) is 3.95. The summed E-state index contributed by atoms with van der Waals surface area (Å²) in [7, 11) is 0. The Hall–Kier alpha value is -1.65. The monoisotopic (exact) mass is 346 g/mol. The van der Waals surface area contributed by atoms with Crippen molar-refractivity contribution in [2.75, 3.05) is 0 Å². The highest BCUT2D eigenvalue weighted by molar-refractivity contribution is 9.10. The van der Waals surface area contributed by atoms with E-state index in [1.54, 1.807) is 0 Å². The Bertz CT molecular complexity index is 625. The Morgan fingerprint density at radius 2 is 1.76 bits per heavy atom. The van der Waals surface area contributed by atoms with E-state index in [2.05, 4.69) is 21.2 Å². The van der Waals surface area contributed by atoms with Gasteiger partial charge in [-0.3, -0.25) is 4.79 Å². The summed E-state index contributed by atoms with van der Waals surface area (Å²) < 4.78 is 0.974. The molecule has 0 saturated heterocycles. The fourth-order valence-electron chi connectivity index (χ4n) is 2.13. The average Bonchev–Trinajstić information content (AvgIpc) is 2.47. The van der Waals surface area contributed by atoms with Gasteiger partial charge in [0.05, 0.1) is 6.04 Å². The summed E-state index contributed by atoms with van der Waals surface area (Å²) >= 11 is 3.49. The van der Waals surface area contributed by atoms with Crippen molar-refractivity contribution >= 4 is 21.8 Å². The summed E-state index contributed by atoms with van der Waals surface area (Å²) in [5.41, 5.74) is 9.02. The summed E-state index contributed by atoms with van der Waals surface area (Å²) in [6, 6.07) is 14.8. The maximum absolute atomic E-state index is 12.3. The molecule has 110 valence electrons. The van der Waals surface area contributed by atoms with Crippen molar-refractivity contribution in [2.24, 2.45) is 5.73 Å². The molecule has 4 heteroatoms. The van der Waals surface area contributed by atoms with Gasteiger partial charge in [-0.25, -0.2) is 0 Å². The zero-order valence-corrected chi connectivity index (χ0v) is 13.7. The lowest BCUT2D eigenvalue weighted by atomic mass is 10.0. The van der Waals surface area contributed by atoms with Crippen molar-refractivity contribution in [3.8, 4) is 0 Å². The Balaban J connectivity index is 2.07. The maximum Gasteiger partial charge on any atom is 0.241 e. The third kappa shape index (κ3) is 3.93. The largest absolute Gasteiger partial charge is 0.348 e. The highest BCUT2D eigenvalue weighted by Gasteiger charge is 2.19. The van der Waals surface area contributed by atoms with Crippen LogP contribution in [-0.4, -0.2) is 5.91 Å². The molecule has 0 aliphatic carbocycles. The van der Waals surface area contributed by atoms with Crippen molar-refractivity contribution in [1.82, 2.24) is 5.32 Å². The third-order valence-electron chi connectivity index (χ3n) is 3.45. The Morgan fingerprint density at radius 3 is 2.38 bits per heavy atom. The summed E-state index contributed by atoms with van der Waals surface area (Å²) in [4.78, 5) is 12.3. The molecular weight excluding hydrogens is 328 g/mol. The number of carbonyl (C=O) groups is 1. The van der Waals surface area contributed by atoms with Crippen LogP contribution in [0.5, 0.6) is 0 Å². The normalized spacial score (nSPS) is 13.5. The molecule has 3 nitrogen and oxygen atoms in total. The number of amides is 1. The van der Waals surface area contributed by atoms with E-state index in [1.165, 1.54) is 0 Å². The summed E-state index contributed by atoms with van der Waals surface area (Å²) in [5, 5.41) is 2.96.